The first kappa shape index (κ1) is 15.4. The molecule has 0 aliphatic carbocycles. The van der Waals surface area contributed by atoms with E-state index >= 15 is 0 Å². The lowest BCUT2D eigenvalue weighted by atomic mass is 9.99. The van der Waals surface area contributed by atoms with Crippen LogP contribution < -0.4 is 5.32 Å². The molecule has 18 heavy (non-hydrogen) atoms. The minimum Gasteiger partial charge on any atom is -0.384 e. The fourth-order valence-electron chi connectivity index (χ4n) is 2.56. The van der Waals surface area contributed by atoms with E-state index in [2.05, 4.69) is 33.0 Å². The Morgan fingerprint density at radius 2 is 2.06 bits per heavy atom. The molecule has 0 aromatic heterocycles. The van der Waals surface area contributed by atoms with Crippen LogP contribution in [0, 0.1) is 11.8 Å². The Morgan fingerprint density at radius 3 is 2.50 bits per heavy atom. The van der Waals surface area contributed by atoms with Crippen molar-refractivity contribution in [2.75, 3.05) is 20.3 Å². The van der Waals surface area contributed by atoms with Gasteiger partial charge >= 0.3 is 0 Å². The molecule has 106 valence electrons. The van der Waals surface area contributed by atoms with Crippen molar-refractivity contribution in [3.8, 4) is 0 Å². The summed E-state index contributed by atoms with van der Waals surface area (Å²) < 4.78 is 5.16. The molecule has 1 aliphatic rings. The molecular formula is C14H28N2O2. The van der Waals surface area contributed by atoms with Gasteiger partial charge in [0, 0.05) is 13.7 Å². The first-order chi connectivity index (χ1) is 8.35. The third kappa shape index (κ3) is 3.04. The Labute approximate surface area is 111 Å². The van der Waals surface area contributed by atoms with E-state index in [0.717, 1.165) is 13.0 Å². The van der Waals surface area contributed by atoms with Crippen molar-refractivity contribution in [1.82, 2.24) is 10.2 Å². The van der Waals surface area contributed by atoms with Gasteiger partial charge in [-0.3, -0.25) is 10.1 Å². The number of carbonyl (C=O) groups excluding carboxylic acids is 1. The molecule has 4 heteroatoms. The minimum atomic E-state index is -0.401. The lowest BCUT2D eigenvalue weighted by Crippen LogP contribution is -2.45. The molecule has 1 aliphatic heterocycles. The van der Waals surface area contributed by atoms with Crippen molar-refractivity contribution in [3.63, 3.8) is 0 Å². The number of nitrogens with one attached hydrogen (secondary N) is 1. The monoisotopic (exact) mass is 256 g/mol. The highest BCUT2D eigenvalue weighted by molar-refractivity contribution is 5.88. The van der Waals surface area contributed by atoms with Crippen LogP contribution in [0.4, 0.5) is 0 Å². The number of rotatable bonds is 6. The molecule has 0 saturated carbocycles. The fourth-order valence-corrected chi connectivity index (χ4v) is 2.56. The Kier molecular flexibility index (Phi) is 5.17. The number of ether oxygens (including phenoxy) is 1. The second-order valence-electron chi connectivity index (χ2n) is 6.04. The molecule has 0 radical (unpaired) electrons. The zero-order chi connectivity index (χ0) is 13.9. The molecule has 0 bridgehead atoms. The number of amides is 1. The van der Waals surface area contributed by atoms with Gasteiger partial charge in [-0.25, -0.2) is 0 Å². The molecule has 1 fully saturated rings. The van der Waals surface area contributed by atoms with Gasteiger partial charge in [0.2, 0.25) is 5.91 Å². The van der Waals surface area contributed by atoms with Gasteiger partial charge in [0.15, 0.2) is 0 Å². The van der Waals surface area contributed by atoms with Crippen LogP contribution in [0.3, 0.4) is 0 Å². The van der Waals surface area contributed by atoms with Crippen molar-refractivity contribution in [1.29, 1.82) is 0 Å². The summed E-state index contributed by atoms with van der Waals surface area (Å²) in [5.41, 5.74) is -0.401. The maximum atomic E-state index is 12.5. The van der Waals surface area contributed by atoms with E-state index in [1.165, 1.54) is 0 Å². The van der Waals surface area contributed by atoms with Crippen LogP contribution in [0.1, 0.15) is 41.0 Å². The van der Waals surface area contributed by atoms with E-state index < -0.39 is 5.54 Å². The lowest BCUT2D eigenvalue weighted by Gasteiger charge is -2.29. The molecule has 0 aromatic carbocycles. The lowest BCUT2D eigenvalue weighted by molar-refractivity contribution is -0.134. The molecule has 0 aromatic rings. The highest BCUT2D eigenvalue weighted by Crippen LogP contribution is 2.27. The van der Waals surface area contributed by atoms with Gasteiger partial charge < -0.3 is 9.64 Å². The molecular weight excluding hydrogens is 228 g/mol. The van der Waals surface area contributed by atoms with E-state index in [1.54, 1.807) is 7.11 Å². The van der Waals surface area contributed by atoms with E-state index in [4.69, 9.17) is 4.74 Å². The first-order valence-corrected chi connectivity index (χ1v) is 6.93. The highest BCUT2D eigenvalue weighted by Gasteiger charge is 2.47. The molecule has 3 unspecified atom stereocenters. The molecule has 4 nitrogen and oxygen atoms in total. The van der Waals surface area contributed by atoms with Crippen molar-refractivity contribution in [2.45, 2.75) is 52.7 Å². The molecule has 1 rings (SSSR count). The SMILES string of the molecule is CCC1(C)NC(C(C)C)N(CC(C)COC)C1=O. The van der Waals surface area contributed by atoms with Crippen molar-refractivity contribution < 1.29 is 9.53 Å². The average molecular weight is 256 g/mol. The van der Waals surface area contributed by atoms with Crippen LogP contribution in [-0.2, 0) is 9.53 Å². The number of methoxy groups -OCH3 is 1. The molecule has 1 heterocycles. The zero-order valence-corrected chi connectivity index (χ0v) is 12.6. The standard InChI is InChI=1S/C14H28N2O2/c1-7-14(5)13(17)16(8-11(4)9-18-6)12(15-14)10(2)3/h10-12,15H,7-9H2,1-6H3. The quantitative estimate of drug-likeness (QED) is 0.788. The van der Waals surface area contributed by atoms with Gasteiger partial charge in [0.25, 0.3) is 0 Å². The average Bonchev–Trinajstić information content (AvgIpc) is 2.55. The normalized spacial score (nSPS) is 30.3. The summed E-state index contributed by atoms with van der Waals surface area (Å²) in [7, 11) is 1.71. The summed E-state index contributed by atoms with van der Waals surface area (Å²) >= 11 is 0. The van der Waals surface area contributed by atoms with Gasteiger partial charge in [-0.15, -0.1) is 0 Å². The van der Waals surface area contributed by atoms with Crippen LogP contribution in [0.2, 0.25) is 0 Å². The summed E-state index contributed by atoms with van der Waals surface area (Å²) in [5, 5.41) is 3.50. The molecule has 0 spiro atoms. The Bertz CT molecular complexity index is 294. The zero-order valence-electron chi connectivity index (χ0n) is 12.6. The van der Waals surface area contributed by atoms with Crippen molar-refractivity contribution >= 4 is 5.91 Å². The topological polar surface area (TPSA) is 41.6 Å². The first-order valence-electron chi connectivity index (χ1n) is 6.93. The molecule has 1 saturated heterocycles. The van der Waals surface area contributed by atoms with E-state index in [1.807, 2.05) is 11.8 Å². The maximum absolute atomic E-state index is 12.5. The second kappa shape index (κ2) is 6.02. The van der Waals surface area contributed by atoms with E-state index in [0.29, 0.717) is 18.4 Å². The Morgan fingerprint density at radius 1 is 1.44 bits per heavy atom. The number of carbonyl (C=O) groups is 1. The largest absolute Gasteiger partial charge is 0.384 e. The molecule has 1 N–H and O–H groups in total. The van der Waals surface area contributed by atoms with Gasteiger partial charge in [-0.2, -0.15) is 0 Å². The summed E-state index contributed by atoms with van der Waals surface area (Å²) in [5.74, 6) is 1.00. The fraction of sp³-hybridized carbons (Fsp3) is 0.929. The van der Waals surface area contributed by atoms with Crippen LogP contribution in [-0.4, -0.2) is 42.8 Å². The summed E-state index contributed by atoms with van der Waals surface area (Å²) in [4.78, 5) is 14.5. The minimum absolute atomic E-state index is 0.141. The summed E-state index contributed by atoms with van der Waals surface area (Å²) in [6.07, 6.45) is 0.964. The number of nitrogens with zero attached hydrogens (tertiary/aromatic N) is 1. The predicted molar refractivity (Wildman–Crippen MR) is 73.2 cm³/mol. The van der Waals surface area contributed by atoms with Crippen LogP contribution >= 0.6 is 0 Å². The van der Waals surface area contributed by atoms with E-state index in [-0.39, 0.29) is 12.1 Å². The van der Waals surface area contributed by atoms with Crippen molar-refractivity contribution in [2.24, 2.45) is 11.8 Å². The van der Waals surface area contributed by atoms with Crippen LogP contribution in [0.25, 0.3) is 0 Å². The smallest absolute Gasteiger partial charge is 0.243 e. The third-order valence-electron chi connectivity index (χ3n) is 3.83. The van der Waals surface area contributed by atoms with Crippen LogP contribution in [0.15, 0.2) is 0 Å². The van der Waals surface area contributed by atoms with Crippen molar-refractivity contribution in [3.05, 3.63) is 0 Å². The Hall–Kier alpha value is -0.610. The molecule has 3 atom stereocenters. The number of hydrogen-bond donors (Lipinski definition) is 1. The summed E-state index contributed by atoms with van der Waals surface area (Å²) in [6.45, 7) is 11.9. The van der Waals surface area contributed by atoms with E-state index in [9.17, 15) is 4.79 Å². The summed E-state index contributed by atoms with van der Waals surface area (Å²) in [6, 6.07) is 0. The van der Waals surface area contributed by atoms with Gasteiger partial charge in [-0.05, 0) is 25.2 Å². The Balaban J connectivity index is 2.81. The second-order valence-corrected chi connectivity index (χ2v) is 6.04. The number of hydrogen-bond acceptors (Lipinski definition) is 3. The predicted octanol–water partition coefficient (Wildman–Crippen LogP) is 1.85. The van der Waals surface area contributed by atoms with Gasteiger partial charge in [0.05, 0.1) is 18.3 Å². The maximum Gasteiger partial charge on any atom is 0.243 e. The van der Waals surface area contributed by atoms with Gasteiger partial charge in [0.1, 0.15) is 0 Å². The molecule has 1 amide bonds. The van der Waals surface area contributed by atoms with Crippen LogP contribution in [0.5, 0.6) is 0 Å². The third-order valence-corrected chi connectivity index (χ3v) is 3.83. The highest BCUT2D eigenvalue weighted by atomic mass is 16.5. The van der Waals surface area contributed by atoms with Gasteiger partial charge in [-0.1, -0.05) is 27.7 Å².